The number of Topliss-reactive ketones (excluding diaryl/α,β-unsaturated/α-hetero) is 2. The predicted octanol–water partition coefficient (Wildman–Crippen LogP) is 6.90. The summed E-state index contributed by atoms with van der Waals surface area (Å²) in [6.07, 6.45) is 8.78. The van der Waals surface area contributed by atoms with Crippen LogP contribution in [0.5, 0.6) is 0 Å². The number of alkyl halides is 1. The first-order chi connectivity index (χ1) is 28.9. The summed E-state index contributed by atoms with van der Waals surface area (Å²) in [6.45, 7) is 20.2. The second kappa shape index (κ2) is 16.0. The average molecular weight is 878 g/mol. The Morgan fingerprint density at radius 1 is 0.968 bits per heavy atom. The van der Waals surface area contributed by atoms with Gasteiger partial charge in [0.05, 0.1) is 29.1 Å². The van der Waals surface area contributed by atoms with Crippen molar-refractivity contribution in [2.24, 2.45) is 44.3 Å². The van der Waals surface area contributed by atoms with Gasteiger partial charge in [-0.15, -0.1) is 6.58 Å². The maximum atomic E-state index is 15.3. The topological polar surface area (TPSA) is 166 Å². The molecule has 1 aromatic carbocycles. The van der Waals surface area contributed by atoms with E-state index in [2.05, 4.69) is 35.4 Å². The van der Waals surface area contributed by atoms with Gasteiger partial charge in [0.1, 0.15) is 11.6 Å². The Balaban J connectivity index is 1.15. The summed E-state index contributed by atoms with van der Waals surface area (Å²) in [5.41, 5.74) is -2.93. The van der Waals surface area contributed by atoms with Gasteiger partial charge < -0.3 is 15.2 Å². The van der Waals surface area contributed by atoms with Crippen molar-refractivity contribution in [1.29, 1.82) is 0 Å². The summed E-state index contributed by atoms with van der Waals surface area (Å²) in [5, 5.41) is 3.70. The number of aromatic nitrogens is 1. The molecule has 62 heavy (non-hydrogen) atoms. The summed E-state index contributed by atoms with van der Waals surface area (Å²) in [5.74, 6) is -3.29. The molecule has 5 aliphatic rings. The molecule has 14 heteroatoms. The van der Waals surface area contributed by atoms with Crippen LogP contribution < -0.4 is 10.0 Å². The van der Waals surface area contributed by atoms with Crippen LogP contribution in [0.3, 0.4) is 0 Å². The zero-order valence-corrected chi connectivity index (χ0v) is 38.8. The fourth-order valence-corrected chi connectivity index (χ4v) is 13.5. The third-order valence-electron chi connectivity index (χ3n) is 16.4. The maximum absolute atomic E-state index is 15.3. The molecule has 7 rings (SSSR count). The smallest absolute Gasteiger partial charge is 0.266 e. The van der Waals surface area contributed by atoms with Gasteiger partial charge in [0.2, 0.25) is 17.7 Å². The van der Waals surface area contributed by atoms with Crippen LogP contribution in [-0.2, 0) is 34.0 Å². The molecule has 12 nitrogen and oxygen atoms in total. The van der Waals surface area contributed by atoms with Crippen molar-refractivity contribution in [2.75, 3.05) is 26.3 Å². The van der Waals surface area contributed by atoms with E-state index in [9.17, 15) is 32.0 Å². The van der Waals surface area contributed by atoms with Gasteiger partial charge in [-0.3, -0.25) is 28.9 Å². The van der Waals surface area contributed by atoms with E-state index in [0.29, 0.717) is 36.8 Å². The lowest BCUT2D eigenvalue weighted by molar-refractivity contribution is -0.147. The van der Waals surface area contributed by atoms with Crippen LogP contribution in [0.1, 0.15) is 120 Å². The zero-order valence-electron chi connectivity index (χ0n) is 38.0. The fraction of sp³-hybridized carbons (Fsp3) is 0.688. The van der Waals surface area contributed by atoms with E-state index < -0.39 is 68.8 Å². The molecule has 0 unspecified atom stereocenters. The van der Waals surface area contributed by atoms with E-state index in [0.717, 1.165) is 32.1 Å². The molecule has 2 spiro atoms. The predicted molar refractivity (Wildman–Crippen MR) is 236 cm³/mol. The van der Waals surface area contributed by atoms with Gasteiger partial charge in [0.25, 0.3) is 10.0 Å². The second-order valence-electron chi connectivity index (χ2n) is 21.9. The molecule has 2 aliphatic heterocycles. The van der Waals surface area contributed by atoms with Crippen molar-refractivity contribution in [3.63, 3.8) is 0 Å². The Morgan fingerprint density at radius 3 is 2.26 bits per heavy atom. The Bertz CT molecular complexity index is 2250. The summed E-state index contributed by atoms with van der Waals surface area (Å²) in [6, 6.07) is 4.18. The highest BCUT2D eigenvalue weighted by Gasteiger charge is 2.85. The third-order valence-corrected chi connectivity index (χ3v) is 17.8. The lowest BCUT2D eigenvalue weighted by Gasteiger charge is -2.39. The molecule has 3 heterocycles. The van der Waals surface area contributed by atoms with E-state index >= 15 is 4.79 Å². The van der Waals surface area contributed by atoms with Crippen LogP contribution in [-0.4, -0.2) is 96.9 Å². The van der Waals surface area contributed by atoms with E-state index in [1.54, 1.807) is 35.4 Å². The number of sulfonamides is 1. The molecular weight excluding hydrogens is 810 g/mol. The van der Waals surface area contributed by atoms with Crippen molar-refractivity contribution in [3.8, 4) is 0 Å². The van der Waals surface area contributed by atoms with Crippen molar-refractivity contribution in [3.05, 3.63) is 43.1 Å². The normalized spacial score (nSPS) is 28.9. The fourth-order valence-electron chi connectivity index (χ4n) is 12.3. The molecule has 340 valence electrons. The molecule has 1 aromatic heterocycles. The number of likely N-dealkylation sites (tertiary alicyclic amines) is 2. The van der Waals surface area contributed by atoms with Crippen LogP contribution in [0.4, 0.5) is 4.39 Å². The molecule has 2 saturated heterocycles. The Hall–Kier alpha value is -3.91. The van der Waals surface area contributed by atoms with E-state index in [1.165, 1.54) is 6.07 Å². The van der Waals surface area contributed by atoms with E-state index in [4.69, 9.17) is 0 Å². The molecule has 3 N–H and O–H groups in total. The van der Waals surface area contributed by atoms with Crippen molar-refractivity contribution >= 4 is 50.2 Å². The zero-order chi connectivity index (χ0) is 45.4. The number of para-hydroxylation sites is 1. The number of carbonyl (C=O) groups excluding carboxylic acids is 5. The molecule has 3 saturated carbocycles. The SMILES string of the molecule is C=C[C@@H]1C[C@]1(CC(=O)[C@@H]1C[C@@]2(CN1C(=O)[C@@H](CC(=O)[C@@H](NC(=O)[C@@H]1CCCCN1CCF)C(C)(C)C)C(C)(C)C)C(C)(C)C21CCC1)C(=O)NS(=O)(=O)c1cccc2cc[nH]c12. The van der Waals surface area contributed by atoms with Crippen molar-refractivity contribution < 1.29 is 36.8 Å². The van der Waals surface area contributed by atoms with Crippen LogP contribution in [0.25, 0.3) is 10.9 Å². The Labute approximate surface area is 367 Å². The average Bonchev–Trinajstić information content (AvgIpc) is 3.69. The van der Waals surface area contributed by atoms with E-state index in [1.807, 2.05) is 46.4 Å². The molecule has 2 aromatic rings. The summed E-state index contributed by atoms with van der Waals surface area (Å²) in [4.78, 5) is 79.3. The number of carbonyl (C=O) groups is 5. The van der Waals surface area contributed by atoms with Crippen molar-refractivity contribution in [2.45, 2.75) is 143 Å². The minimum absolute atomic E-state index is 0.0252. The molecule has 3 aliphatic carbocycles. The van der Waals surface area contributed by atoms with Gasteiger partial charge in [-0.2, -0.15) is 0 Å². The number of halogens is 1. The third kappa shape index (κ3) is 7.56. The van der Waals surface area contributed by atoms with E-state index in [-0.39, 0.29) is 70.3 Å². The van der Waals surface area contributed by atoms with Gasteiger partial charge in [-0.25, -0.2) is 17.5 Å². The van der Waals surface area contributed by atoms with Crippen LogP contribution in [0, 0.1) is 44.3 Å². The highest BCUT2D eigenvalue weighted by molar-refractivity contribution is 7.90. The minimum atomic E-state index is -4.34. The monoisotopic (exact) mass is 877 g/mol. The molecule has 0 radical (unpaired) electrons. The number of amides is 3. The summed E-state index contributed by atoms with van der Waals surface area (Å²) < 4.78 is 43.3. The number of nitrogens with zero attached hydrogens (tertiary/aromatic N) is 2. The number of allylic oxidation sites excluding steroid dienone is 1. The molecule has 7 atom stereocenters. The van der Waals surface area contributed by atoms with Gasteiger partial charge in [0, 0.05) is 48.8 Å². The lowest BCUT2D eigenvalue weighted by Crippen LogP contribution is -2.57. The first kappa shape index (κ1) is 46.1. The number of hydrogen-bond donors (Lipinski definition) is 3. The van der Waals surface area contributed by atoms with Gasteiger partial charge in [-0.05, 0) is 84.8 Å². The number of fused-ring (bicyclic) bond motifs is 2. The standard InChI is InChI=1S/C48H68FN5O7S/c1-10-31-26-46(31,42(59)52-62(60,61)37-17-13-15-30-18-22-50-38(30)37)28-36(56)34-27-48(45(8,9)47(48)19-14-20-47)29-54(34)41(58)32(43(2,3)4)25-35(55)39(44(5,6)7)51-40(57)33-16-11-12-23-53(33)24-21-49/h10,13,15,17-18,22,31-34,39,50H,1,11-12,14,16,19-21,23-29H2,2-9H3,(H,51,57)(H,52,59)/t31-,32-,33+,34+,39-,46-,48-/m1/s1. The molecule has 0 bridgehead atoms. The van der Waals surface area contributed by atoms with Crippen LogP contribution in [0.2, 0.25) is 0 Å². The maximum Gasteiger partial charge on any atom is 0.266 e. The number of hydrogen-bond acceptors (Lipinski definition) is 8. The van der Waals surface area contributed by atoms with Crippen LogP contribution >= 0.6 is 0 Å². The number of piperidine rings is 1. The largest absolute Gasteiger partial charge is 0.360 e. The highest BCUT2D eigenvalue weighted by Crippen LogP contribution is 2.88. The number of aromatic amines is 1. The van der Waals surface area contributed by atoms with Gasteiger partial charge >= 0.3 is 0 Å². The Morgan fingerprint density at radius 2 is 1.68 bits per heavy atom. The highest BCUT2D eigenvalue weighted by atomic mass is 32.2. The summed E-state index contributed by atoms with van der Waals surface area (Å²) in [7, 11) is -4.34. The summed E-state index contributed by atoms with van der Waals surface area (Å²) >= 11 is 0. The molecule has 5 fully saturated rings. The number of nitrogens with one attached hydrogen (secondary N) is 3. The quantitative estimate of drug-likeness (QED) is 0.163. The first-order valence-corrected chi connectivity index (χ1v) is 24.1. The van der Waals surface area contributed by atoms with Gasteiger partial charge in [0.15, 0.2) is 11.6 Å². The lowest BCUT2D eigenvalue weighted by atomic mass is 9.73. The molecular formula is C48H68FN5O7S. The molecule has 3 amide bonds. The minimum Gasteiger partial charge on any atom is -0.360 e. The number of benzene rings is 1. The number of rotatable bonds is 15. The second-order valence-corrected chi connectivity index (χ2v) is 23.6. The van der Waals surface area contributed by atoms with Crippen LogP contribution in [0.15, 0.2) is 48.0 Å². The van der Waals surface area contributed by atoms with Crippen molar-refractivity contribution in [1.82, 2.24) is 24.8 Å². The number of H-pyrrole nitrogens is 1. The van der Waals surface area contributed by atoms with Gasteiger partial charge in [-0.1, -0.05) is 86.4 Å². The number of ketones is 2. The first-order valence-electron chi connectivity index (χ1n) is 22.6. The Kier molecular flexibility index (Phi) is 11.9.